The van der Waals surface area contributed by atoms with Gasteiger partial charge in [0.25, 0.3) is 0 Å². The van der Waals surface area contributed by atoms with E-state index in [1.165, 1.54) is 44.9 Å². The number of rotatable bonds is 7. The molecule has 0 radical (unpaired) electrons. The lowest BCUT2D eigenvalue weighted by molar-refractivity contribution is -0.0545. The van der Waals surface area contributed by atoms with Gasteiger partial charge in [-0.15, -0.1) is 0 Å². The molecule has 0 bridgehead atoms. The highest BCUT2D eigenvalue weighted by molar-refractivity contribution is 4.90. The molecule has 3 nitrogen and oxygen atoms in total. The smallest absolute Gasteiger partial charge is 0.0759 e. The lowest BCUT2D eigenvalue weighted by atomic mass is 9.78. The average molecular weight is 283 g/mol. The van der Waals surface area contributed by atoms with Crippen molar-refractivity contribution in [3.63, 3.8) is 0 Å². The van der Waals surface area contributed by atoms with Gasteiger partial charge < -0.3 is 14.8 Å². The van der Waals surface area contributed by atoms with Crippen LogP contribution in [0.2, 0.25) is 0 Å². The van der Waals surface area contributed by atoms with E-state index >= 15 is 0 Å². The fourth-order valence-corrected chi connectivity index (χ4v) is 4.02. The summed E-state index contributed by atoms with van der Waals surface area (Å²) in [4.78, 5) is 0. The predicted molar refractivity (Wildman–Crippen MR) is 83.0 cm³/mol. The molecule has 2 fully saturated rings. The lowest BCUT2D eigenvalue weighted by Gasteiger charge is -2.41. The van der Waals surface area contributed by atoms with Crippen molar-refractivity contribution in [1.82, 2.24) is 5.32 Å². The molecule has 0 spiro atoms. The molecular weight excluding hydrogens is 250 g/mol. The van der Waals surface area contributed by atoms with E-state index in [0.717, 1.165) is 32.3 Å². The maximum Gasteiger partial charge on any atom is 0.0759 e. The fraction of sp³-hybridized carbons (Fsp3) is 1.00. The van der Waals surface area contributed by atoms with Gasteiger partial charge in [-0.2, -0.15) is 0 Å². The van der Waals surface area contributed by atoms with Crippen LogP contribution < -0.4 is 5.32 Å². The summed E-state index contributed by atoms with van der Waals surface area (Å²) in [5.41, 5.74) is 0. The van der Waals surface area contributed by atoms with E-state index in [9.17, 15) is 0 Å². The van der Waals surface area contributed by atoms with Crippen molar-refractivity contribution in [3.8, 4) is 0 Å². The Labute approximate surface area is 124 Å². The van der Waals surface area contributed by atoms with Gasteiger partial charge in [0.2, 0.25) is 0 Å². The molecule has 3 atom stereocenters. The molecule has 118 valence electrons. The van der Waals surface area contributed by atoms with Crippen LogP contribution in [0.3, 0.4) is 0 Å². The van der Waals surface area contributed by atoms with Crippen molar-refractivity contribution in [3.05, 3.63) is 0 Å². The number of likely N-dealkylation sites (N-methyl/N-ethyl adjacent to an activating group) is 1. The molecule has 1 N–H and O–H groups in total. The van der Waals surface area contributed by atoms with Gasteiger partial charge in [0.1, 0.15) is 0 Å². The molecule has 0 aromatic carbocycles. The molecule has 3 heteroatoms. The third-order valence-corrected chi connectivity index (χ3v) is 4.97. The zero-order valence-electron chi connectivity index (χ0n) is 13.4. The molecule has 1 aliphatic heterocycles. The highest BCUT2D eigenvalue weighted by Crippen LogP contribution is 2.33. The maximum atomic E-state index is 6.23. The standard InChI is InChI=1S/C17H33NO2/c1-3-18-16(15-11-8-12-19-13-15)17(20-4-2)14-9-6-5-7-10-14/h14-18H,3-13H2,1-2H3. The van der Waals surface area contributed by atoms with Crippen LogP contribution in [0.15, 0.2) is 0 Å². The van der Waals surface area contributed by atoms with Gasteiger partial charge in [0.15, 0.2) is 0 Å². The second kappa shape index (κ2) is 9.01. The van der Waals surface area contributed by atoms with E-state index in [2.05, 4.69) is 19.2 Å². The second-order valence-corrected chi connectivity index (χ2v) is 6.38. The SMILES string of the molecule is CCNC(C1CCCOC1)C(OCC)C1CCCCC1. The third-order valence-electron chi connectivity index (χ3n) is 4.97. The Morgan fingerprint density at radius 3 is 2.40 bits per heavy atom. The molecule has 20 heavy (non-hydrogen) atoms. The number of hydrogen-bond acceptors (Lipinski definition) is 3. The molecular formula is C17H33NO2. The van der Waals surface area contributed by atoms with Gasteiger partial charge in [0.05, 0.1) is 12.7 Å². The van der Waals surface area contributed by atoms with Gasteiger partial charge in [-0.3, -0.25) is 0 Å². The summed E-state index contributed by atoms with van der Waals surface area (Å²) < 4.78 is 12.0. The van der Waals surface area contributed by atoms with Gasteiger partial charge >= 0.3 is 0 Å². The van der Waals surface area contributed by atoms with Crippen LogP contribution in [0, 0.1) is 11.8 Å². The molecule has 1 saturated heterocycles. The summed E-state index contributed by atoms with van der Waals surface area (Å²) >= 11 is 0. The van der Waals surface area contributed by atoms with Crippen LogP contribution >= 0.6 is 0 Å². The Morgan fingerprint density at radius 1 is 1.05 bits per heavy atom. The van der Waals surface area contributed by atoms with Crippen molar-refractivity contribution in [2.24, 2.45) is 11.8 Å². The molecule has 0 aromatic rings. The molecule has 1 aliphatic carbocycles. The molecule has 1 heterocycles. The van der Waals surface area contributed by atoms with E-state index in [0.29, 0.717) is 18.1 Å². The van der Waals surface area contributed by atoms with Crippen LogP contribution in [-0.2, 0) is 9.47 Å². The minimum Gasteiger partial charge on any atom is -0.381 e. The highest BCUT2D eigenvalue weighted by Gasteiger charge is 2.36. The minimum absolute atomic E-state index is 0.381. The molecule has 2 aliphatic rings. The molecule has 3 unspecified atom stereocenters. The summed E-state index contributed by atoms with van der Waals surface area (Å²) in [6.07, 6.45) is 9.74. The van der Waals surface area contributed by atoms with E-state index < -0.39 is 0 Å². The number of ether oxygens (including phenoxy) is 2. The quantitative estimate of drug-likeness (QED) is 0.777. The zero-order chi connectivity index (χ0) is 14.2. The second-order valence-electron chi connectivity index (χ2n) is 6.38. The third kappa shape index (κ3) is 4.44. The van der Waals surface area contributed by atoms with Crippen molar-refractivity contribution in [2.45, 2.75) is 70.9 Å². The molecule has 2 rings (SSSR count). The van der Waals surface area contributed by atoms with Crippen molar-refractivity contribution >= 4 is 0 Å². The Hall–Kier alpha value is -0.120. The largest absolute Gasteiger partial charge is 0.381 e. The predicted octanol–water partition coefficient (Wildman–Crippen LogP) is 3.38. The molecule has 0 amide bonds. The zero-order valence-corrected chi connectivity index (χ0v) is 13.4. The summed E-state index contributed by atoms with van der Waals surface area (Å²) in [6.45, 7) is 8.05. The number of nitrogens with one attached hydrogen (secondary N) is 1. The average Bonchev–Trinajstić information content (AvgIpc) is 2.52. The summed E-state index contributed by atoms with van der Waals surface area (Å²) in [7, 11) is 0. The minimum atomic E-state index is 0.381. The van der Waals surface area contributed by atoms with Crippen LogP contribution in [0.4, 0.5) is 0 Å². The van der Waals surface area contributed by atoms with Crippen LogP contribution in [0.25, 0.3) is 0 Å². The first kappa shape index (κ1) is 16.3. The summed E-state index contributed by atoms with van der Waals surface area (Å²) in [5.74, 6) is 1.37. The summed E-state index contributed by atoms with van der Waals surface area (Å²) in [5, 5.41) is 3.73. The first-order chi connectivity index (χ1) is 9.86. The molecule has 0 aromatic heterocycles. The Bertz CT molecular complexity index is 221. The van der Waals surface area contributed by atoms with Crippen molar-refractivity contribution < 1.29 is 9.47 Å². The Kier molecular flexibility index (Phi) is 7.32. The van der Waals surface area contributed by atoms with Crippen molar-refractivity contribution in [2.75, 3.05) is 26.4 Å². The van der Waals surface area contributed by atoms with Gasteiger partial charge in [0, 0.05) is 25.2 Å². The van der Waals surface area contributed by atoms with Gasteiger partial charge in [-0.25, -0.2) is 0 Å². The van der Waals surface area contributed by atoms with Crippen LogP contribution in [0.1, 0.15) is 58.8 Å². The lowest BCUT2D eigenvalue weighted by Crippen LogP contribution is -2.52. The Morgan fingerprint density at radius 2 is 1.80 bits per heavy atom. The number of hydrogen-bond donors (Lipinski definition) is 1. The van der Waals surface area contributed by atoms with Gasteiger partial charge in [-0.1, -0.05) is 26.2 Å². The fourth-order valence-electron chi connectivity index (χ4n) is 4.02. The van der Waals surface area contributed by atoms with Gasteiger partial charge in [-0.05, 0) is 45.1 Å². The highest BCUT2D eigenvalue weighted by atomic mass is 16.5. The topological polar surface area (TPSA) is 30.5 Å². The maximum absolute atomic E-state index is 6.23. The Balaban J connectivity index is 2.03. The van der Waals surface area contributed by atoms with E-state index in [4.69, 9.17) is 9.47 Å². The van der Waals surface area contributed by atoms with E-state index in [-0.39, 0.29) is 0 Å². The monoisotopic (exact) mass is 283 g/mol. The normalized spacial score (nSPS) is 28.2. The van der Waals surface area contributed by atoms with E-state index in [1.54, 1.807) is 0 Å². The molecule has 1 saturated carbocycles. The summed E-state index contributed by atoms with van der Waals surface area (Å²) in [6, 6.07) is 0.475. The first-order valence-electron chi connectivity index (χ1n) is 8.79. The van der Waals surface area contributed by atoms with Crippen LogP contribution in [-0.4, -0.2) is 38.5 Å². The van der Waals surface area contributed by atoms with Crippen molar-refractivity contribution in [1.29, 1.82) is 0 Å². The van der Waals surface area contributed by atoms with Crippen LogP contribution in [0.5, 0.6) is 0 Å². The first-order valence-corrected chi connectivity index (χ1v) is 8.79. The van der Waals surface area contributed by atoms with E-state index in [1.807, 2.05) is 0 Å².